The maximum atomic E-state index is 12.7. The Morgan fingerprint density at radius 3 is 2.46 bits per heavy atom. The SMILES string of the molecule is Cc1nn(-c2ccccc2)c(C)c1S(=O)(=O)NCc1ccnn1C. The van der Waals surface area contributed by atoms with Crippen molar-refractivity contribution in [3.8, 4) is 5.69 Å². The summed E-state index contributed by atoms with van der Waals surface area (Å²) in [6.07, 6.45) is 1.63. The molecular weight excluding hydrogens is 326 g/mol. The summed E-state index contributed by atoms with van der Waals surface area (Å²) in [6.45, 7) is 3.63. The molecule has 0 amide bonds. The third kappa shape index (κ3) is 2.98. The number of benzene rings is 1. The van der Waals surface area contributed by atoms with Crippen molar-refractivity contribution in [2.24, 2.45) is 7.05 Å². The van der Waals surface area contributed by atoms with Crippen LogP contribution in [0.2, 0.25) is 0 Å². The average Bonchev–Trinajstić information content (AvgIpc) is 3.09. The minimum Gasteiger partial charge on any atom is -0.271 e. The molecule has 0 bridgehead atoms. The van der Waals surface area contributed by atoms with Gasteiger partial charge in [0.25, 0.3) is 0 Å². The number of rotatable bonds is 5. The second kappa shape index (κ2) is 6.21. The summed E-state index contributed by atoms with van der Waals surface area (Å²) in [5.41, 5.74) is 2.65. The molecule has 24 heavy (non-hydrogen) atoms. The van der Waals surface area contributed by atoms with E-state index in [0.29, 0.717) is 11.4 Å². The Morgan fingerprint density at radius 2 is 1.83 bits per heavy atom. The summed E-state index contributed by atoms with van der Waals surface area (Å²) in [5, 5.41) is 8.42. The summed E-state index contributed by atoms with van der Waals surface area (Å²) in [7, 11) is -1.90. The van der Waals surface area contributed by atoms with Gasteiger partial charge in [0.2, 0.25) is 10.0 Å². The number of nitrogens with zero attached hydrogens (tertiary/aromatic N) is 4. The predicted molar refractivity (Wildman–Crippen MR) is 90.3 cm³/mol. The van der Waals surface area contributed by atoms with Gasteiger partial charge in [0.1, 0.15) is 4.90 Å². The van der Waals surface area contributed by atoms with Crippen LogP contribution >= 0.6 is 0 Å². The van der Waals surface area contributed by atoms with E-state index in [1.54, 1.807) is 42.5 Å². The van der Waals surface area contributed by atoms with Gasteiger partial charge in [-0.1, -0.05) is 18.2 Å². The molecule has 126 valence electrons. The molecule has 2 aromatic heterocycles. The van der Waals surface area contributed by atoms with Gasteiger partial charge in [-0.15, -0.1) is 0 Å². The first kappa shape index (κ1) is 16.4. The van der Waals surface area contributed by atoms with Crippen LogP contribution in [0.3, 0.4) is 0 Å². The van der Waals surface area contributed by atoms with Crippen LogP contribution in [-0.2, 0) is 23.6 Å². The van der Waals surface area contributed by atoms with Crippen molar-refractivity contribution in [2.75, 3.05) is 0 Å². The highest BCUT2D eigenvalue weighted by atomic mass is 32.2. The number of para-hydroxylation sites is 1. The standard InChI is InChI=1S/C16H19N5O2S/c1-12-16(13(2)21(19-12)14-7-5-4-6-8-14)24(22,23)18-11-15-9-10-17-20(15)3/h4-10,18H,11H2,1-3H3. The summed E-state index contributed by atoms with van der Waals surface area (Å²) in [4.78, 5) is 0.216. The van der Waals surface area contributed by atoms with Gasteiger partial charge in [-0.05, 0) is 32.0 Å². The minimum absolute atomic E-state index is 0.175. The fourth-order valence-corrected chi connectivity index (χ4v) is 4.04. The number of sulfonamides is 1. The van der Waals surface area contributed by atoms with Crippen LogP contribution in [0.25, 0.3) is 5.69 Å². The third-order valence-corrected chi connectivity index (χ3v) is 5.51. The molecule has 0 saturated heterocycles. The molecule has 0 saturated carbocycles. The molecule has 3 rings (SSSR count). The number of nitrogens with one attached hydrogen (secondary N) is 1. The van der Waals surface area contributed by atoms with Gasteiger partial charge < -0.3 is 0 Å². The molecule has 8 heteroatoms. The number of hydrogen-bond donors (Lipinski definition) is 1. The molecule has 7 nitrogen and oxygen atoms in total. The Bertz CT molecular complexity index is 958. The number of aryl methyl sites for hydroxylation is 2. The van der Waals surface area contributed by atoms with Crippen LogP contribution < -0.4 is 4.72 Å². The predicted octanol–water partition coefficient (Wildman–Crippen LogP) is 1.70. The van der Waals surface area contributed by atoms with Crippen LogP contribution in [0.1, 0.15) is 17.1 Å². The van der Waals surface area contributed by atoms with Crippen molar-refractivity contribution in [1.82, 2.24) is 24.3 Å². The highest BCUT2D eigenvalue weighted by Crippen LogP contribution is 2.22. The lowest BCUT2D eigenvalue weighted by Gasteiger charge is -2.08. The van der Waals surface area contributed by atoms with Crippen molar-refractivity contribution in [1.29, 1.82) is 0 Å². The first-order valence-electron chi connectivity index (χ1n) is 7.48. The third-order valence-electron chi connectivity index (χ3n) is 3.86. The van der Waals surface area contributed by atoms with Crippen molar-refractivity contribution in [3.05, 3.63) is 59.7 Å². The Morgan fingerprint density at radius 1 is 1.12 bits per heavy atom. The van der Waals surface area contributed by atoms with E-state index in [1.165, 1.54) is 0 Å². The van der Waals surface area contributed by atoms with Crippen molar-refractivity contribution >= 4 is 10.0 Å². The van der Waals surface area contributed by atoms with E-state index in [9.17, 15) is 8.42 Å². The lowest BCUT2D eigenvalue weighted by Crippen LogP contribution is -2.25. The van der Waals surface area contributed by atoms with E-state index in [2.05, 4.69) is 14.9 Å². The summed E-state index contributed by atoms with van der Waals surface area (Å²) < 4.78 is 31.4. The molecular formula is C16H19N5O2S. The van der Waals surface area contributed by atoms with Gasteiger partial charge >= 0.3 is 0 Å². The topological polar surface area (TPSA) is 81.8 Å². The quantitative estimate of drug-likeness (QED) is 0.763. The molecule has 0 fully saturated rings. The zero-order chi connectivity index (χ0) is 17.3. The number of aromatic nitrogens is 4. The molecule has 3 aromatic rings. The number of hydrogen-bond acceptors (Lipinski definition) is 4. The molecule has 0 aliphatic rings. The van der Waals surface area contributed by atoms with Gasteiger partial charge in [-0.25, -0.2) is 17.8 Å². The molecule has 0 aliphatic heterocycles. The van der Waals surface area contributed by atoms with Gasteiger partial charge in [-0.2, -0.15) is 10.2 Å². The normalized spacial score (nSPS) is 11.8. The van der Waals surface area contributed by atoms with Crippen molar-refractivity contribution in [3.63, 3.8) is 0 Å². The van der Waals surface area contributed by atoms with E-state index >= 15 is 0 Å². The Balaban J connectivity index is 1.94. The summed E-state index contributed by atoms with van der Waals surface area (Å²) in [6, 6.07) is 11.2. The van der Waals surface area contributed by atoms with Crippen LogP contribution in [0, 0.1) is 13.8 Å². The van der Waals surface area contributed by atoms with Crippen LogP contribution in [0.4, 0.5) is 0 Å². The van der Waals surface area contributed by atoms with Crippen LogP contribution in [0.5, 0.6) is 0 Å². The Labute approximate surface area is 141 Å². The molecule has 0 aliphatic carbocycles. The highest BCUT2D eigenvalue weighted by Gasteiger charge is 2.25. The largest absolute Gasteiger partial charge is 0.271 e. The first-order valence-corrected chi connectivity index (χ1v) is 8.96. The van der Waals surface area contributed by atoms with Gasteiger partial charge in [0.05, 0.1) is 29.3 Å². The van der Waals surface area contributed by atoms with E-state index < -0.39 is 10.0 Å². The summed E-state index contributed by atoms with van der Waals surface area (Å²) in [5.74, 6) is 0. The fourth-order valence-electron chi connectivity index (χ4n) is 2.65. The Hall–Kier alpha value is -2.45. The minimum atomic E-state index is -3.68. The molecule has 0 atom stereocenters. The van der Waals surface area contributed by atoms with Crippen LogP contribution in [0.15, 0.2) is 47.5 Å². The van der Waals surface area contributed by atoms with Gasteiger partial charge in [0, 0.05) is 13.2 Å². The molecule has 1 N–H and O–H groups in total. The second-order valence-corrected chi connectivity index (χ2v) is 7.22. The zero-order valence-electron chi connectivity index (χ0n) is 13.8. The lowest BCUT2D eigenvalue weighted by molar-refractivity contribution is 0.576. The van der Waals surface area contributed by atoms with E-state index in [1.807, 2.05) is 30.3 Å². The monoisotopic (exact) mass is 345 g/mol. The first-order chi connectivity index (χ1) is 11.4. The molecule has 0 radical (unpaired) electrons. The van der Waals surface area contributed by atoms with Gasteiger partial charge in [0.15, 0.2) is 0 Å². The molecule has 2 heterocycles. The van der Waals surface area contributed by atoms with Crippen molar-refractivity contribution in [2.45, 2.75) is 25.3 Å². The van der Waals surface area contributed by atoms with E-state index in [4.69, 9.17) is 0 Å². The maximum absolute atomic E-state index is 12.7. The lowest BCUT2D eigenvalue weighted by atomic mass is 10.3. The fraction of sp³-hybridized carbons (Fsp3) is 0.250. The average molecular weight is 345 g/mol. The Kier molecular flexibility index (Phi) is 4.25. The van der Waals surface area contributed by atoms with Gasteiger partial charge in [-0.3, -0.25) is 4.68 Å². The summed E-state index contributed by atoms with van der Waals surface area (Å²) >= 11 is 0. The van der Waals surface area contributed by atoms with Crippen molar-refractivity contribution < 1.29 is 8.42 Å². The highest BCUT2D eigenvalue weighted by molar-refractivity contribution is 7.89. The smallest absolute Gasteiger partial charge is 0.244 e. The maximum Gasteiger partial charge on any atom is 0.244 e. The second-order valence-electron chi connectivity index (χ2n) is 5.52. The molecule has 0 unspecified atom stereocenters. The van der Waals surface area contributed by atoms with E-state index in [0.717, 1.165) is 11.4 Å². The zero-order valence-corrected chi connectivity index (χ0v) is 14.6. The molecule has 0 spiro atoms. The van der Waals surface area contributed by atoms with Crippen LogP contribution in [-0.4, -0.2) is 28.0 Å². The molecule has 1 aromatic carbocycles. The van der Waals surface area contributed by atoms with E-state index in [-0.39, 0.29) is 11.4 Å².